The van der Waals surface area contributed by atoms with Crippen LogP contribution >= 0.6 is 0 Å². The highest BCUT2D eigenvalue weighted by Crippen LogP contribution is 2.43. The summed E-state index contributed by atoms with van der Waals surface area (Å²) in [5.74, 6) is 0.950. The van der Waals surface area contributed by atoms with Crippen molar-refractivity contribution in [1.29, 1.82) is 0 Å². The Morgan fingerprint density at radius 3 is 3.00 bits per heavy atom. The van der Waals surface area contributed by atoms with Crippen molar-refractivity contribution < 1.29 is 14.6 Å². The van der Waals surface area contributed by atoms with Crippen LogP contribution in [0, 0.1) is 11.8 Å². The van der Waals surface area contributed by atoms with Crippen molar-refractivity contribution in [2.45, 2.75) is 50.9 Å². The van der Waals surface area contributed by atoms with Gasteiger partial charge in [0.05, 0.1) is 18.2 Å². The predicted molar refractivity (Wildman–Crippen MR) is 126 cm³/mol. The maximum atomic E-state index is 12.9. The molecule has 2 bridgehead atoms. The number of fused-ring (bicyclic) bond motifs is 4. The predicted octanol–water partition coefficient (Wildman–Crippen LogP) is 3.60. The molecule has 1 aromatic carbocycles. The van der Waals surface area contributed by atoms with Gasteiger partial charge in [-0.2, -0.15) is 0 Å². The number of aromatic nitrogens is 1. The van der Waals surface area contributed by atoms with E-state index < -0.39 is 0 Å². The van der Waals surface area contributed by atoms with Gasteiger partial charge in [-0.15, -0.1) is 6.58 Å². The highest BCUT2D eigenvalue weighted by atomic mass is 16.5. The molecule has 3 aliphatic heterocycles. The van der Waals surface area contributed by atoms with Crippen LogP contribution in [0.4, 0.5) is 0 Å². The van der Waals surface area contributed by atoms with Crippen LogP contribution in [-0.2, 0) is 16.1 Å². The molecule has 32 heavy (non-hydrogen) atoms. The molecule has 0 spiro atoms. The van der Waals surface area contributed by atoms with Crippen molar-refractivity contribution in [3.8, 4) is 0 Å². The standard InChI is InChI=1S/C26H35N3O3/c1-3-19-16-29-13-10-20(19)15-24(29)26(32-25(31)6-4-5-11-27-2)21-9-12-28-23-8-7-18(17-30)14-22(21)23/h3,7-9,12,14,19-20,24,26-27,30H,1,4-6,10-11,13,15-17H2,2H3/t19-,20?,24+,26-/m0/s1. The molecule has 2 N–H and O–H groups in total. The number of pyridine rings is 1. The molecule has 2 aromatic rings. The summed E-state index contributed by atoms with van der Waals surface area (Å²) < 4.78 is 6.24. The lowest BCUT2D eigenvalue weighted by atomic mass is 9.73. The minimum absolute atomic E-state index is 0.0289. The van der Waals surface area contributed by atoms with Gasteiger partial charge in [0.25, 0.3) is 0 Å². The average molecular weight is 438 g/mol. The molecule has 172 valence electrons. The Balaban J connectivity index is 1.65. The molecule has 5 atom stereocenters. The van der Waals surface area contributed by atoms with E-state index >= 15 is 0 Å². The zero-order valence-electron chi connectivity index (χ0n) is 19.0. The van der Waals surface area contributed by atoms with E-state index in [9.17, 15) is 9.90 Å². The first-order valence-corrected chi connectivity index (χ1v) is 11.8. The SMILES string of the molecule is C=C[C@H]1CN2CCC1C[C@@H]2[C@@H](OC(=O)CCCCNC)c1ccnc2ccc(CO)cc12. The fraction of sp³-hybridized carbons (Fsp3) is 0.538. The molecule has 3 aliphatic rings. The Morgan fingerprint density at radius 1 is 1.41 bits per heavy atom. The second-order valence-electron chi connectivity index (χ2n) is 9.13. The van der Waals surface area contributed by atoms with Gasteiger partial charge in [0.15, 0.2) is 0 Å². The molecule has 0 saturated carbocycles. The molecule has 4 heterocycles. The summed E-state index contributed by atoms with van der Waals surface area (Å²) in [5, 5.41) is 13.8. The van der Waals surface area contributed by atoms with Gasteiger partial charge in [0, 0.05) is 30.1 Å². The summed E-state index contributed by atoms with van der Waals surface area (Å²) in [6.07, 6.45) is 7.90. The van der Waals surface area contributed by atoms with Gasteiger partial charge in [-0.25, -0.2) is 0 Å². The first-order chi connectivity index (χ1) is 15.6. The second-order valence-corrected chi connectivity index (χ2v) is 9.13. The molecular formula is C26H35N3O3. The Morgan fingerprint density at radius 2 is 2.28 bits per heavy atom. The van der Waals surface area contributed by atoms with Crippen LogP contribution < -0.4 is 5.32 Å². The van der Waals surface area contributed by atoms with Crippen LogP contribution in [0.5, 0.6) is 0 Å². The average Bonchev–Trinajstić information content (AvgIpc) is 2.84. The largest absolute Gasteiger partial charge is 0.456 e. The number of nitrogens with one attached hydrogen (secondary N) is 1. The lowest BCUT2D eigenvalue weighted by Gasteiger charge is -2.51. The summed E-state index contributed by atoms with van der Waals surface area (Å²) in [4.78, 5) is 19.9. The first kappa shape index (κ1) is 22.9. The van der Waals surface area contributed by atoms with Gasteiger partial charge in [-0.3, -0.25) is 14.7 Å². The van der Waals surface area contributed by atoms with Crippen LogP contribution in [0.15, 0.2) is 43.1 Å². The van der Waals surface area contributed by atoms with Crippen LogP contribution in [0.2, 0.25) is 0 Å². The minimum atomic E-state index is -0.347. The molecular weight excluding hydrogens is 402 g/mol. The number of aliphatic hydroxyl groups excluding tert-OH is 1. The van der Waals surface area contributed by atoms with E-state index in [0.717, 1.165) is 60.9 Å². The van der Waals surface area contributed by atoms with E-state index in [2.05, 4.69) is 27.9 Å². The molecule has 0 aliphatic carbocycles. The number of rotatable bonds is 10. The fourth-order valence-corrected chi connectivity index (χ4v) is 5.37. The number of hydrogen-bond donors (Lipinski definition) is 2. The fourth-order valence-electron chi connectivity index (χ4n) is 5.37. The van der Waals surface area contributed by atoms with E-state index in [1.165, 1.54) is 6.42 Å². The third-order valence-electron chi connectivity index (χ3n) is 7.15. The van der Waals surface area contributed by atoms with Crippen LogP contribution in [0.3, 0.4) is 0 Å². The second kappa shape index (κ2) is 10.6. The number of ether oxygens (including phenoxy) is 1. The number of esters is 1. The maximum absolute atomic E-state index is 12.9. The molecule has 1 aromatic heterocycles. The monoisotopic (exact) mass is 437 g/mol. The summed E-state index contributed by atoms with van der Waals surface area (Å²) in [7, 11) is 1.92. The molecule has 0 radical (unpaired) electrons. The van der Waals surface area contributed by atoms with Gasteiger partial charge >= 0.3 is 5.97 Å². The summed E-state index contributed by atoms with van der Waals surface area (Å²) in [6, 6.07) is 7.94. The smallest absolute Gasteiger partial charge is 0.306 e. The van der Waals surface area contributed by atoms with Crippen molar-refractivity contribution in [1.82, 2.24) is 15.2 Å². The molecule has 6 heteroatoms. The van der Waals surface area contributed by atoms with Crippen LogP contribution in [0.1, 0.15) is 49.3 Å². The summed E-state index contributed by atoms with van der Waals surface area (Å²) in [6.45, 7) is 6.91. The van der Waals surface area contributed by atoms with E-state index in [-0.39, 0.29) is 24.7 Å². The van der Waals surface area contributed by atoms with Gasteiger partial charge in [0.1, 0.15) is 6.10 Å². The van der Waals surface area contributed by atoms with Crippen LogP contribution in [0.25, 0.3) is 10.9 Å². The quantitative estimate of drug-likeness (QED) is 0.336. The van der Waals surface area contributed by atoms with Crippen molar-refractivity contribution in [3.05, 3.63) is 54.2 Å². The highest BCUT2D eigenvalue weighted by molar-refractivity contribution is 5.83. The van der Waals surface area contributed by atoms with Crippen molar-refractivity contribution in [2.24, 2.45) is 11.8 Å². The van der Waals surface area contributed by atoms with Crippen molar-refractivity contribution >= 4 is 16.9 Å². The number of unbranched alkanes of at least 4 members (excludes halogenated alkanes) is 1. The van der Waals surface area contributed by atoms with E-state index in [4.69, 9.17) is 4.74 Å². The Hall–Kier alpha value is -2.28. The van der Waals surface area contributed by atoms with E-state index in [1.807, 2.05) is 31.3 Å². The summed E-state index contributed by atoms with van der Waals surface area (Å²) in [5.41, 5.74) is 2.68. The van der Waals surface area contributed by atoms with Crippen molar-refractivity contribution in [2.75, 3.05) is 26.7 Å². The lowest BCUT2D eigenvalue weighted by molar-refractivity contribution is -0.157. The number of nitrogens with zero attached hydrogens (tertiary/aromatic N) is 2. The van der Waals surface area contributed by atoms with Gasteiger partial charge in [-0.05, 0) is 81.4 Å². The number of piperidine rings is 3. The Bertz CT molecular complexity index is 947. The number of benzene rings is 1. The number of carbonyl (C=O) groups is 1. The molecule has 3 saturated heterocycles. The molecule has 5 rings (SSSR count). The molecule has 2 unspecified atom stereocenters. The molecule has 6 nitrogen and oxygen atoms in total. The molecule has 0 amide bonds. The summed E-state index contributed by atoms with van der Waals surface area (Å²) >= 11 is 0. The lowest BCUT2D eigenvalue weighted by Crippen LogP contribution is -2.55. The van der Waals surface area contributed by atoms with Crippen LogP contribution in [-0.4, -0.2) is 53.7 Å². The highest BCUT2D eigenvalue weighted by Gasteiger charge is 2.44. The van der Waals surface area contributed by atoms with Gasteiger partial charge in [0.2, 0.25) is 0 Å². The number of aliphatic hydroxyl groups is 1. The Labute approximate surface area is 190 Å². The number of hydrogen-bond acceptors (Lipinski definition) is 6. The topological polar surface area (TPSA) is 74.7 Å². The maximum Gasteiger partial charge on any atom is 0.306 e. The van der Waals surface area contributed by atoms with Gasteiger partial charge < -0.3 is 15.2 Å². The van der Waals surface area contributed by atoms with Gasteiger partial charge in [-0.1, -0.05) is 12.1 Å². The Kier molecular flexibility index (Phi) is 7.55. The zero-order chi connectivity index (χ0) is 22.5. The molecule has 3 fully saturated rings. The third kappa shape index (κ3) is 4.87. The first-order valence-electron chi connectivity index (χ1n) is 11.8. The third-order valence-corrected chi connectivity index (χ3v) is 7.15. The minimum Gasteiger partial charge on any atom is -0.456 e. The number of carbonyl (C=O) groups excluding carboxylic acids is 1. The van der Waals surface area contributed by atoms with E-state index in [0.29, 0.717) is 18.3 Å². The van der Waals surface area contributed by atoms with Crippen molar-refractivity contribution in [3.63, 3.8) is 0 Å². The zero-order valence-corrected chi connectivity index (χ0v) is 19.0. The normalized spacial score (nSPS) is 25.6. The van der Waals surface area contributed by atoms with E-state index in [1.54, 1.807) is 6.20 Å².